The number of rotatable bonds is 11. The Balaban J connectivity index is 4.33. The van der Waals surface area contributed by atoms with Gasteiger partial charge in [-0.25, -0.2) is 0 Å². The minimum absolute atomic E-state index is 0.0994. The zero-order chi connectivity index (χ0) is 17.0. The van der Waals surface area contributed by atoms with E-state index in [1.54, 1.807) is 0 Å². The molecule has 1 unspecified atom stereocenters. The summed E-state index contributed by atoms with van der Waals surface area (Å²) >= 11 is 0. The number of ether oxygens (including phenoxy) is 2. The maximum absolute atomic E-state index is 12.2. The summed E-state index contributed by atoms with van der Waals surface area (Å²) in [5.74, 6) is -1.04. The van der Waals surface area contributed by atoms with Crippen LogP contribution in [0.15, 0.2) is 0 Å². The molecule has 4 heteroatoms. The highest BCUT2D eigenvalue weighted by Crippen LogP contribution is 2.30. The molecule has 22 heavy (non-hydrogen) atoms. The van der Waals surface area contributed by atoms with Crippen LogP contribution < -0.4 is 0 Å². The summed E-state index contributed by atoms with van der Waals surface area (Å²) < 4.78 is 10.5. The van der Waals surface area contributed by atoms with E-state index in [-0.39, 0.29) is 23.8 Å². The van der Waals surface area contributed by atoms with Gasteiger partial charge in [-0.1, -0.05) is 60.3 Å². The first-order valence-electron chi connectivity index (χ1n) is 8.65. The normalized spacial score (nSPS) is 12.8. The fraction of sp³-hybridized carbons (Fsp3) is 0.889. The number of hydrogen-bond acceptors (Lipinski definition) is 4. The Labute approximate surface area is 135 Å². The first kappa shape index (κ1) is 20.9. The fourth-order valence-corrected chi connectivity index (χ4v) is 2.13. The van der Waals surface area contributed by atoms with E-state index in [0.717, 1.165) is 38.5 Å². The number of carbonyl (C=O) groups is 2. The lowest BCUT2D eigenvalue weighted by Crippen LogP contribution is -2.33. The highest BCUT2D eigenvalue weighted by atomic mass is 16.5. The van der Waals surface area contributed by atoms with E-state index in [9.17, 15) is 9.59 Å². The van der Waals surface area contributed by atoms with Crippen molar-refractivity contribution >= 4 is 11.9 Å². The molecule has 0 aromatic heterocycles. The number of hydrogen-bond donors (Lipinski definition) is 0. The molecule has 0 saturated heterocycles. The second kappa shape index (κ2) is 11.5. The first-order chi connectivity index (χ1) is 10.3. The van der Waals surface area contributed by atoms with E-state index in [4.69, 9.17) is 9.47 Å². The van der Waals surface area contributed by atoms with Gasteiger partial charge in [-0.2, -0.15) is 0 Å². The van der Waals surface area contributed by atoms with Crippen molar-refractivity contribution in [2.45, 2.75) is 79.6 Å². The fourth-order valence-electron chi connectivity index (χ4n) is 2.13. The van der Waals surface area contributed by atoms with E-state index >= 15 is 0 Å². The predicted molar refractivity (Wildman–Crippen MR) is 88.5 cm³/mol. The quantitative estimate of drug-likeness (QED) is 0.416. The molecule has 4 nitrogen and oxygen atoms in total. The summed E-state index contributed by atoms with van der Waals surface area (Å²) in [5, 5.41) is 0. The third-order valence-corrected chi connectivity index (χ3v) is 3.70. The van der Waals surface area contributed by atoms with Crippen LogP contribution in [0, 0.1) is 11.3 Å². The average molecular weight is 314 g/mol. The van der Waals surface area contributed by atoms with Crippen LogP contribution in [0.2, 0.25) is 0 Å². The van der Waals surface area contributed by atoms with Gasteiger partial charge in [0.2, 0.25) is 0 Å². The Morgan fingerprint density at radius 3 is 1.82 bits per heavy atom. The van der Waals surface area contributed by atoms with Crippen LogP contribution in [-0.2, 0) is 19.1 Å². The van der Waals surface area contributed by atoms with Gasteiger partial charge in [0.15, 0.2) is 0 Å². The summed E-state index contributed by atoms with van der Waals surface area (Å²) in [6.45, 7) is 10.9. The topological polar surface area (TPSA) is 52.6 Å². The standard InChI is InChI=1S/C18H34O4/c1-6-8-10-12-21-16(19)14-15(18(3,4)5)17(20)22-13-11-9-7-2/h15H,6-14H2,1-5H3. The molecule has 0 spiro atoms. The summed E-state index contributed by atoms with van der Waals surface area (Å²) in [4.78, 5) is 24.1. The van der Waals surface area contributed by atoms with E-state index < -0.39 is 5.92 Å². The molecule has 0 aliphatic carbocycles. The van der Waals surface area contributed by atoms with Gasteiger partial charge in [0.05, 0.1) is 25.6 Å². The van der Waals surface area contributed by atoms with Crippen molar-refractivity contribution in [1.29, 1.82) is 0 Å². The lowest BCUT2D eigenvalue weighted by molar-refractivity contribution is -0.159. The lowest BCUT2D eigenvalue weighted by atomic mass is 9.79. The van der Waals surface area contributed by atoms with Crippen LogP contribution in [0.1, 0.15) is 79.6 Å². The number of unbranched alkanes of at least 4 members (excludes halogenated alkanes) is 4. The smallest absolute Gasteiger partial charge is 0.310 e. The van der Waals surface area contributed by atoms with Crippen molar-refractivity contribution in [3.8, 4) is 0 Å². The molecule has 0 N–H and O–H groups in total. The van der Waals surface area contributed by atoms with E-state index in [2.05, 4.69) is 13.8 Å². The van der Waals surface area contributed by atoms with Gasteiger partial charge < -0.3 is 9.47 Å². The zero-order valence-electron chi connectivity index (χ0n) is 15.1. The maximum Gasteiger partial charge on any atom is 0.310 e. The van der Waals surface area contributed by atoms with Crippen molar-refractivity contribution in [3.63, 3.8) is 0 Å². The van der Waals surface area contributed by atoms with Crippen molar-refractivity contribution in [2.24, 2.45) is 11.3 Å². The van der Waals surface area contributed by atoms with E-state index in [1.165, 1.54) is 0 Å². The third kappa shape index (κ3) is 9.80. The Kier molecular flexibility index (Phi) is 10.9. The van der Waals surface area contributed by atoms with E-state index in [1.807, 2.05) is 20.8 Å². The molecule has 0 amide bonds. The SMILES string of the molecule is CCCCCOC(=O)CC(C(=O)OCCCCC)C(C)(C)C. The second-order valence-corrected chi connectivity index (χ2v) is 6.92. The molecule has 0 aliphatic rings. The van der Waals surface area contributed by atoms with Gasteiger partial charge in [-0.05, 0) is 18.3 Å². The molecule has 0 fully saturated rings. The maximum atomic E-state index is 12.2. The van der Waals surface area contributed by atoms with Crippen LogP contribution in [-0.4, -0.2) is 25.2 Å². The van der Waals surface area contributed by atoms with Crippen LogP contribution in [0.3, 0.4) is 0 Å². The molecule has 0 aliphatic heterocycles. The Morgan fingerprint density at radius 1 is 0.864 bits per heavy atom. The monoisotopic (exact) mass is 314 g/mol. The molecule has 0 bridgehead atoms. The molecule has 0 radical (unpaired) electrons. The molecule has 0 aromatic carbocycles. The summed E-state index contributed by atoms with van der Waals surface area (Å²) in [5.41, 5.74) is -0.315. The average Bonchev–Trinajstić information content (AvgIpc) is 2.44. The molecule has 0 heterocycles. The Bertz CT molecular complexity index is 318. The molecule has 1 atom stereocenters. The summed E-state index contributed by atoms with van der Waals surface area (Å²) in [6, 6.07) is 0. The highest BCUT2D eigenvalue weighted by Gasteiger charge is 2.35. The van der Waals surface area contributed by atoms with Gasteiger partial charge in [0.25, 0.3) is 0 Å². The molecule has 130 valence electrons. The number of carbonyl (C=O) groups excluding carboxylic acids is 2. The van der Waals surface area contributed by atoms with Crippen molar-refractivity contribution in [2.75, 3.05) is 13.2 Å². The largest absolute Gasteiger partial charge is 0.466 e. The molecular weight excluding hydrogens is 280 g/mol. The molecule has 0 saturated carbocycles. The van der Waals surface area contributed by atoms with Crippen LogP contribution in [0.25, 0.3) is 0 Å². The van der Waals surface area contributed by atoms with Gasteiger partial charge in [0, 0.05) is 0 Å². The zero-order valence-corrected chi connectivity index (χ0v) is 15.1. The predicted octanol–water partition coefficient (Wildman–Crippen LogP) is 4.51. The lowest BCUT2D eigenvalue weighted by Gasteiger charge is -2.28. The Morgan fingerprint density at radius 2 is 1.36 bits per heavy atom. The van der Waals surface area contributed by atoms with Gasteiger partial charge >= 0.3 is 11.9 Å². The summed E-state index contributed by atoms with van der Waals surface area (Å²) in [7, 11) is 0. The van der Waals surface area contributed by atoms with Gasteiger partial charge in [-0.3, -0.25) is 9.59 Å². The van der Waals surface area contributed by atoms with Crippen LogP contribution in [0.4, 0.5) is 0 Å². The highest BCUT2D eigenvalue weighted by molar-refractivity contribution is 5.80. The molecule has 0 rings (SSSR count). The minimum atomic E-state index is -0.451. The molecule has 0 aromatic rings. The first-order valence-corrected chi connectivity index (χ1v) is 8.65. The third-order valence-electron chi connectivity index (χ3n) is 3.70. The van der Waals surface area contributed by atoms with Crippen molar-refractivity contribution in [3.05, 3.63) is 0 Å². The van der Waals surface area contributed by atoms with E-state index in [0.29, 0.717) is 13.2 Å². The Hall–Kier alpha value is -1.06. The second-order valence-electron chi connectivity index (χ2n) is 6.92. The minimum Gasteiger partial charge on any atom is -0.466 e. The van der Waals surface area contributed by atoms with Crippen LogP contribution >= 0.6 is 0 Å². The summed E-state index contributed by atoms with van der Waals surface area (Å²) in [6.07, 6.45) is 6.13. The van der Waals surface area contributed by atoms with Gasteiger partial charge in [0.1, 0.15) is 0 Å². The number of esters is 2. The van der Waals surface area contributed by atoms with Crippen molar-refractivity contribution in [1.82, 2.24) is 0 Å². The van der Waals surface area contributed by atoms with Crippen LogP contribution in [0.5, 0.6) is 0 Å². The van der Waals surface area contributed by atoms with Gasteiger partial charge in [-0.15, -0.1) is 0 Å². The van der Waals surface area contributed by atoms with Crippen molar-refractivity contribution < 1.29 is 19.1 Å². The molecular formula is C18H34O4.